The number of benzene rings is 2. The van der Waals surface area contributed by atoms with Gasteiger partial charge in [-0.25, -0.2) is 4.68 Å². The molecule has 2 heterocycles. The van der Waals surface area contributed by atoms with Crippen LogP contribution in [0.2, 0.25) is 5.02 Å². The van der Waals surface area contributed by atoms with Crippen molar-refractivity contribution in [2.75, 3.05) is 0 Å². The topological polar surface area (TPSA) is 107 Å². The normalized spacial score (nSPS) is 11.7. The smallest absolute Gasteiger partial charge is 0.294 e. The highest BCUT2D eigenvalue weighted by molar-refractivity contribution is 7.10. The van der Waals surface area contributed by atoms with Crippen molar-refractivity contribution in [2.24, 2.45) is 0 Å². The monoisotopic (exact) mass is 480 g/mol. The summed E-state index contributed by atoms with van der Waals surface area (Å²) in [6.45, 7) is 1.59. The van der Waals surface area contributed by atoms with Gasteiger partial charge in [0.2, 0.25) is 5.43 Å². The van der Waals surface area contributed by atoms with Gasteiger partial charge in [-0.2, -0.15) is 5.10 Å². The molecule has 33 heavy (non-hydrogen) atoms. The van der Waals surface area contributed by atoms with Crippen molar-refractivity contribution >= 4 is 34.5 Å². The Balaban J connectivity index is 1.75. The number of para-hydroxylation sites is 2. The van der Waals surface area contributed by atoms with E-state index in [1.165, 1.54) is 40.3 Å². The number of carbonyl (C=O) groups is 1. The number of nitrogens with zero attached hydrogens (tertiary/aromatic N) is 3. The summed E-state index contributed by atoms with van der Waals surface area (Å²) < 4.78 is 1.23. The maximum Gasteiger partial charge on any atom is 0.294 e. The van der Waals surface area contributed by atoms with Gasteiger partial charge in [-0.3, -0.25) is 19.7 Å². The molecule has 10 heteroatoms. The summed E-state index contributed by atoms with van der Waals surface area (Å²) in [7, 11) is 0. The molecule has 1 unspecified atom stereocenters. The Kier molecular flexibility index (Phi) is 6.34. The molecule has 0 saturated carbocycles. The fraction of sp³-hybridized carbons (Fsp3) is 0.0870. The number of carbonyl (C=O) groups excluding carboxylic acids is 1. The number of amides is 1. The summed E-state index contributed by atoms with van der Waals surface area (Å²) >= 11 is 7.46. The fourth-order valence-electron chi connectivity index (χ4n) is 3.38. The van der Waals surface area contributed by atoms with Crippen molar-refractivity contribution < 1.29 is 9.72 Å². The van der Waals surface area contributed by atoms with Crippen LogP contribution in [0.4, 0.5) is 5.69 Å². The zero-order chi connectivity index (χ0) is 23.5. The Bertz CT molecular complexity index is 1380. The van der Waals surface area contributed by atoms with Crippen molar-refractivity contribution in [3.8, 4) is 5.69 Å². The van der Waals surface area contributed by atoms with Crippen LogP contribution in [0, 0.1) is 17.0 Å². The summed E-state index contributed by atoms with van der Waals surface area (Å²) in [4.78, 5) is 37.6. The van der Waals surface area contributed by atoms with E-state index < -0.39 is 22.3 Å². The molecule has 0 bridgehead atoms. The molecule has 8 nitrogen and oxygen atoms in total. The van der Waals surface area contributed by atoms with Crippen molar-refractivity contribution in [1.82, 2.24) is 15.1 Å². The second kappa shape index (κ2) is 9.35. The average molecular weight is 481 g/mol. The molecule has 166 valence electrons. The SMILES string of the molecule is Cc1cc(=O)c(C(=O)NC(c2ccc(Cl)cc2)c2cccs2)nn1-c1ccccc1[N+](=O)[O-]. The molecule has 0 spiro atoms. The minimum Gasteiger partial charge on any atom is -0.339 e. The Morgan fingerprint density at radius 1 is 1.15 bits per heavy atom. The molecule has 1 amide bonds. The van der Waals surface area contributed by atoms with E-state index in [0.29, 0.717) is 10.7 Å². The first kappa shape index (κ1) is 22.4. The Labute approximate surface area is 197 Å². The number of nitro benzene ring substituents is 1. The van der Waals surface area contributed by atoms with Crippen LogP contribution in [0.3, 0.4) is 0 Å². The number of hydrogen-bond donors (Lipinski definition) is 1. The fourth-order valence-corrected chi connectivity index (χ4v) is 4.30. The van der Waals surface area contributed by atoms with E-state index in [1.807, 2.05) is 17.5 Å². The second-order valence-corrected chi connectivity index (χ2v) is 8.55. The van der Waals surface area contributed by atoms with E-state index in [0.717, 1.165) is 10.4 Å². The number of nitro groups is 1. The number of nitrogens with one attached hydrogen (secondary N) is 1. The lowest BCUT2D eigenvalue weighted by Gasteiger charge is -2.18. The van der Waals surface area contributed by atoms with Gasteiger partial charge >= 0.3 is 0 Å². The van der Waals surface area contributed by atoms with E-state index >= 15 is 0 Å². The third-order valence-electron chi connectivity index (χ3n) is 4.94. The number of hydrogen-bond acceptors (Lipinski definition) is 6. The highest BCUT2D eigenvalue weighted by Crippen LogP contribution is 2.27. The lowest BCUT2D eigenvalue weighted by atomic mass is 10.1. The van der Waals surface area contributed by atoms with E-state index in [9.17, 15) is 19.7 Å². The molecule has 0 radical (unpaired) electrons. The Morgan fingerprint density at radius 3 is 2.55 bits per heavy atom. The summed E-state index contributed by atoms with van der Waals surface area (Å²) in [5.74, 6) is -0.694. The van der Waals surface area contributed by atoms with Gasteiger partial charge in [0.1, 0.15) is 5.69 Å². The molecule has 4 rings (SSSR count). The zero-order valence-corrected chi connectivity index (χ0v) is 18.8. The van der Waals surface area contributed by atoms with Crippen molar-refractivity contribution in [3.63, 3.8) is 0 Å². The van der Waals surface area contributed by atoms with Crippen LogP contribution in [0.5, 0.6) is 0 Å². The Hall–Kier alpha value is -3.82. The number of thiophene rings is 1. The molecule has 1 atom stereocenters. The molecule has 2 aromatic heterocycles. The molecule has 0 aliphatic carbocycles. The van der Waals surface area contributed by atoms with Gasteiger partial charge in [0, 0.05) is 27.7 Å². The molecular formula is C23H17ClN4O4S. The van der Waals surface area contributed by atoms with Crippen LogP contribution < -0.4 is 10.7 Å². The molecule has 2 aromatic carbocycles. The molecular weight excluding hydrogens is 464 g/mol. The predicted molar refractivity (Wildman–Crippen MR) is 126 cm³/mol. The van der Waals surface area contributed by atoms with Crippen LogP contribution in [-0.2, 0) is 0 Å². The molecule has 1 N–H and O–H groups in total. The maximum absolute atomic E-state index is 13.2. The first-order valence-corrected chi connectivity index (χ1v) is 11.1. The summed E-state index contributed by atoms with van der Waals surface area (Å²) in [6.07, 6.45) is 0. The third-order valence-corrected chi connectivity index (χ3v) is 6.12. The molecule has 0 aliphatic rings. The van der Waals surface area contributed by atoms with E-state index in [2.05, 4.69) is 10.4 Å². The van der Waals surface area contributed by atoms with Crippen molar-refractivity contribution in [2.45, 2.75) is 13.0 Å². The third kappa shape index (κ3) is 4.69. The molecule has 0 saturated heterocycles. The highest BCUT2D eigenvalue weighted by Gasteiger charge is 2.24. The molecule has 0 fully saturated rings. The first-order valence-electron chi connectivity index (χ1n) is 9.79. The van der Waals surface area contributed by atoms with E-state index in [4.69, 9.17) is 11.6 Å². The lowest BCUT2D eigenvalue weighted by Crippen LogP contribution is -2.34. The predicted octanol–water partition coefficient (Wildman–Crippen LogP) is 4.68. The van der Waals surface area contributed by atoms with Crippen molar-refractivity contribution in [3.05, 3.63) is 119 Å². The summed E-state index contributed by atoms with van der Waals surface area (Å²) in [5, 5.41) is 21.0. The average Bonchev–Trinajstić information content (AvgIpc) is 3.33. The quantitative estimate of drug-likeness (QED) is 0.318. The van der Waals surface area contributed by atoms with Crippen molar-refractivity contribution in [1.29, 1.82) is 0 Å². The van der Waals surface area contributed by atoms with Crippen LogP contribution in [0.1, 0.15) is 32.7 Å². The van der Waals surface area contributed by atoms with Gasteiger partial charge in [-0.05, 0) is 42.1 Å². The number of aryl methyl sites for hydroxylation is 1. The summed E-state index contributed by atoms with van der Waals surface area (Å²) in [6, 6.07) is 17.5. The van der Waals surface area contributed by atoms with Gasteiger partial charge in [0.25, 0.3) is 11.6 Å². The van der Waals surface area contributed by atoms with Gasteiger partial charge in [-0.15, -0.1) is 11.3 Å². The first-order chi connectivity index (χ1) is 15.8. The standard InChI is InChI=1S/C23H17ClN4O4S/c1-14-13-19(29)22(26-27(14)17-5-2-3-6-18(17)28(31)32)23(30)25-21(20-7-4-12-33-20)15-8-10-16(24)11-9-15/h2-13,21H,1H3,(H,25,30). The second-order valence-electron chi connectivity index (χ2n) is 7.13. The highest BCUT2D eigenvalue weighted by atomic mass is 35.5. The minimum absolute atomic E-state index is 0.154. The molecule has 4 aromatic rings. The van der Waals surface area contributed by atoms with Crippen LogP contribution >= 0.6 is 22.9 Å². The van der Waals surface area contributed by atoms with Crippen LogP contribution in [0.25, 0.3) is 5.69 Å². The number of rotatable bonds is 6. The van der Waals surface area contributed by atoms with Crippen LogP contribution in [-0.4, -0.2) is 20.6 Å². The Morgan fingerprint density at radius 2 is 1.88 bits per heavy atom. The minimum atomic E-state index is -0.694. The van der Waals surface area contributed by atoms with Gasteiger partial charge in [0.05, 0.1) is 11.0 Å². The van der Waals surface area contributed by atoms with Gasteiger partial charge < -0.3 is 5.32 Å². The lowest BCUT2D eigenvalue weighted by molar-refractivity contribution is -0.384. The van der Waals surface area contributed by atoms with Crippen LogP contribution in [0.15, 0.2) is 76.9 Å². The number of aromatic nitrogens is 2. The van der Waals surface area contributed by atoms with E-state index in [1.54, 1.807) is 37.3 Å². The summed E-state index contributed by atoms with van der Waals surface area (Å²) in [5.41, 5.74) is 0.150. The van der Waals surface area contributed by atoms with Gasteiger partial charge in [-0.1, -0.05) is 41.9 Å². The van der Waals surface area contributed by atoms with Gasteiger partial charge in [0.15, 0.2) is 5.69 Å². The largest absolute Gasteiger partial charge is 0.339 e. The number of halogens is 1. The van der Waals surface area contributed by atoms with E-state index in [-0.39, 0.29) is 17.1 Å². The zero-order valence-electron chi connectivity index (χ0n) is 17.3. The molecule has 0 aliphatic heterocycles. The maximum atomic E-state index is 13.2.